The average Bonchev–Trinajstić information content (AvgIpc) is 2.62. The fourth-order valence-electron chi connectivity index (χ4n) is 2.63. The summed E-state index contributed by atoms with van der Waals surface area (Å²) in [7, 11) is 1.57. The lowest BCUT2D eigenvalue weighted by molar-refractivity contribution is 0.102. The number of halogens is 1. The van der Waals surface area contributed by atoms with E-state index in [1.54, 1.807) is 37.4 Å². The number of carbonyl (C=O) groups excluding carboxylic acids is 1. The molecule has 1 saturated heterocycles. The van der Waals surface area contributed by atoms with E-state index in [4.69, 9.17) is 9.47 Å². The molecule has 6 heteroatoms. The van der Waals surface area contributed by atoms with Crippen molar-refractivity contribution in [1.82, 2.24) is 0 Å². The second-order valence-corrected chi connectivity index (χ2v) is 5.44. The molecule has 24 heavy (non-hydrogen) atoms. The molecular weight excluding hydrogens is 311 g/mol. The third kappa shape index (κ3) is 3.65. The first kappa shape index (κ1) is 16.3. The van der Waals surface area contributed by atoms with E-state index in [-0.39, 0.29) is 5.91 Å². The third-order valence-corrected chi connectivity index (χ3v) is 3.91. The Labute approximate surface area is 140 Å². The van der Waals surface area contributed by atoms with Gasteiger partial charge in [0.05, 0.1) is 31.7 Å². The first-order valence-corrected chi connectivity index (χ1v) is 7.75. The number of carbonyl (C=O) groups is 1. The summed E-state index contributed by atoms with van der Waals surface area (Å²) in [6.45, 7) is 2.64. The molecule has 126 valence electrons. The van der Waals surface area contributed by atoms with Gasteiger partial charge >= 0.3 is 0 Å². The number of morpholine rings is 1. The molecule has 1 heterocycles. The molecule has 5 nitrogen and oxygen atoms in total. The summed E-state index contributed by atoms with van der Waals surface area (Å²) < 4.78 is 24.1. The Balaban J connectivity index is 1.82. The van der Waals surface area contributed by atoms with Crippen LogP contribution in [0.25, 0.3) is 0 Å². The zero-order valence-corrected chi connectivity index (χ0v) is 13.4. The molecule has 1 aliphatic rings. The number of ether oxygens (including phenoxy) is 2. The normalized spacial score (nSPS) is 14.3. The van der Waals surface area contributed by atoms with Crippen LogP contribution in [0.1, 0.15) is 10.4 Å². The molecule has 0 saturated carbocycles. The Morgan fingerprint density at radius 2 is 1.88 bits per heavy atom. The van der Waals surface area contributed by atoms with Gasteiger partial charge in [-0.3, -0.25) is 4.79 Å². The van der Waals surface area contributed by atoms with Gasteiger partial charge in [0, 0.05) is 18.7 Å². The second-order valence-electron chi connectivity index (χ2n) is 5.44. The maximum atomic E-state index is 13.7. The number of hydrogen-bond acceptors (Lipinski definition) is 4. The van der Waals surface area contributed by atoms with Crippen molar-refractivity contribution in [3.05, 3.63) is 53.8 Å². The molecule has 0 atom stereocenters. The zero-order chi connectivity index (χ0) is 16.9. The minimum absolute atomic E-state index is 0.294. The van der Waals surface area contributed by atoms with Gasteiger partial charge in [0.2, 0.25) is 0 Å². The molecule has 1 aliphatic heterocycles. The monoisotopic (exact) mass is 330 g/mol. The van der Waals surface area contributed by atoms with Crippen LogP contribution in [0.4, 0.5) is 15.8 Å². The van der Waals surface area contributed by atoms with Crippen LogP contribution in [0.15, 0.2) is 42.5 Å². The lowest BCUT2D eigenvalue weighted by Crippen LogP contribution is -2.36. The van der Waals surface area contributed by atoms with Crippen LogP contribution in [0.5, 0.6) is 5.75 Å². The summed E-state index contributed by atoms with van der Waals surface area (Å²) in [6.07, 6.45) is 0. The highest BCUT2D eigenvalue weighted by atomic mass is 19.1. The Morgan fingerprint density at radius 1 is 1.17 bits per heavy atom. The van der Waals surface area contributed by atoms with Crippen LogP contribution in [0.3, 0.4) is 0 Å². The van der Waals surface area contributed by atoms with Gasteiger partial charge in [0.15, 0.2) is 0 Å². The van der Waals surface area contributed by atoms with Gasteiger partial charge in [0.25, 0.3) is 5.91 Å². The number of rotatable bonds is 4. The average molecular weight is 330 g/mol. The van der Waals surface area contributed by atoms with Gasteiger partial charge in [-0.05, 0) is 42.5 Å². The van der Waals surface area contributed by atoms with Gasteiger partial charge in [-0.15, -0.1) is 0 Å². The highest BCUT2D eigenvalue weighted by Crippen LogP contribution is 2.28. The molecule has 3 rings (SSSR count). The Bertz CT molecular complexity index is 713. The van der Waals surface area contributed by atoms with E-state index < -0.39 is 5.82 Å². The highest BCUT2D eigenvalue weighted by Gasteiger charge is 2.17. The minimum Gasteiger partial charge on any atom is -0.497 e. The highest BCUT2D eigenvalue weighted by molar-refractivity contribution is 6.06. The van der Waals surface area contributed by atoms with Gasteiger partial charge < -0.3 is 19.7 Å². The first-order valence-electron chi connectivity index (χ1n) is 7.75. The smallest absolute Gasteiger partial charge is 0.255 e. The van der Waals surface area contributed by atoms with Crippen molar-refractivity contribution in [3.8, 4) is 5.75 Å². The van der Waals surface area contributed by atoms with E-state index in [1.807, 2.05) is 0 Å². The number of anilines is 2. The van der Waals surface area contributed by atoms with Crippen molar-refractivity contribution in [2.24, 2.45) is 0 Å². The lowest BCUT2D eigenvalue weighted by Gasteiger charge is -2.30. The zero-order valence-electron chi connectivity index (χ0n) is 13.4. The summed E-state index contributed by atoms with van der Waals surface area (Å²) in [6, 6.07) is 11.2. The summed E-state index contributed by atoms with van der Waals surface area (Å²) in [5.41, 5.74) is 1.73. The van der Waals surface area contributed by atoms with Crippen molar-refractivity contribution >= 4 is 17.3 Å². The molecule has 2 aromatic rings. The van der Waals surface area contributed by atoms with Crippen LogP contribution in [0, 0.1) is 5.82 Å². The molecule has 0 bridgehead atoms. The van der Waals surface area contributed by atoms with Gasteiger partial charge in [-0.1, -0.05) is 0 Å². The van der Waals surface area contributed by atoms with E-state index in [1.165, 1.54) is 12.1 Å². The molecule has 1 fully saturated rings. The SMILES string of the molecule is COc1ccc(C(=O)Nc2cc(F)ccc2N2CCOCC2)cc1. The molecule has 0 radical (unpaired) electrons. The Hall–Kier alpha value is -2.60. The number of methoxy groups -OCH3 is 1. The van der Waals surface area contributed by atoms with E-state index in [0.29, 0.717) is 43.3 Å². The summed E-state index contributed by atoms with van der Waals surface area (Å²) in [5, 5.41) is 2.80. The van der Waals surface area contributed by atoms with Crippen molar-refractivity contribution in [2.75, 3.05) is 43.6 Å². The molecule has 1 N–H and O–H groups in total. The largest absolute Gasteiger partial charge is 0.497 e. The quantitative estimate of drug-likeness (QED) is 0.936. The summed E-state index contributed by atoms with van der Waals surface area (Å²) >= 11 is 0. The predicted molar refractivity (Wildman–Crippen MR) is 90.4 cm³/mol. The van der Waals surface area contributed by atoms with Crippen molar-refractivity contribution in [3.63, 3.8) is 0 Å². The van der Waals surface area contributed by atoms with E-state index >= 15 is 0 Å². The molecule has 0 unspecified atom stereocenters. The molecule has 2 aromatic carbocycles. The number of nitrogens with one attached hydrogen (secondary N) is 1. The van der Waals surface area contributed by atoms with E-state index in [0.717, 1.165) is 5.69 Å². The topological polar surface area (TPSA) is 50.8 Å². The van der Waals surface area contributed by atoms with Gasteiger partial charge in [0.1, 0.15) is 11.6 Å². The van der Waals surface area contributed by atoms with Crippen molar-refractivity contribution in [1.29, 1.82) is 0 Å². The van der Waals surface area contributed by atoms with Gasteiger partial charge in [-0.25, -0.2) is 4.39 Å². The summed E-state index contributed by atoms with van der Waals surface area (Å²) in [4.78, 5) is 14.5. The van der Waals surface area contributed by atoms with Gasteiger partial charge in [-0.2, -0.15) is 0 Å². The molecule has 0 spiro atoms. The number of benzene rings is 2. The summed E-state index contributed by atoms with van der Waals surface area (Å²) in [5.74, 6) is -0.0129. The maximum Gasteiger partial charge on any atom is 0.255 e. The van der Waals surface area contributed by atoms with Crippen LogP contribution >= 0.6 is 0 Å². The van der Waals surface area contributed by atoms with Crippen molar-refractivity contribution < 1.29 is 18.7 Å². The van der Waals surface area contributed by atoms with Crippen molar-refractivity contribution in [2.45, 2.75) is 0 Å². The fourth-order valence-corrected chi connectivity index (χ4v) is 2.63. The molecule has 1 amide bonds. The fraction of sp³-hybridized carbons (Fsp3) is 0.278. The number of amides is 1. The van der Waals surface area contributed by atoms with Crippen LogP contribution in [-0.4, -0.2) is 39.3 Å². The third-order valence-electron chi connectivity index (χ3n) is 3.91. The second kappa shape index (κ2) is 7.31. The number of hydrogen-bond donors (Lipinski definition) is 1. The van der Waals surface area contributed by atoms with Crippen LogP contribution in [0.2, 0.25) is 0 Å². The maximum absolute atomic E-state index is 13.7. The Kier molecular flexibility index (Phi) is 4.96. The van der Waals surface area contributed by atoms with E-state index in [9.17, 15) is 9.18 Å². The molecule has 0 aromatic heterocycles. The first-order chi connectivity index (χ1) is 11.7. The van der Waals surface area contributed by atoms with Crippen LogP contribution in [-0.2, 0) is 4.74 Å². The molecule has 0 aliphatic carbocycles. The number of nitrogens with zero attached hydrogens (tertiary/aromatic N) is 1. The minimum atomic E-state index is -0.392. The van der Waals surface area contributed by atoms with Crippen LogP contribution < -0.4 is 15.0 Å². The Morgan fingerprint density at radius 3 is 2.54 bits per heavy atom. The van der Waals surface area contributed by atoms with E-state index in [2.05, 4.69) is 10.2 Å². The predicted octanol–water partition coefficient (Wildman–Crippen LogP) is 2.92. The molecular formula is C18H19FN2O3. The lowest BCUT2D eigenvalue weighted by atomic mass is 10.1. The standard InChI is InChI=1S/C18H19FN2O3/c1-23-15-5-2-13(3-6-15)18(22)20-16-12-14(19)4-7-17(16)21-8-10-24-11-9-21/h2-7,12H,8-11H2,1H3,(H,20,22).